The molecule has 0 bridgehead atoms. The van der Waals surface area contributed by atoms with Crippen molar-refractivity contribution in [3.8, 4) is 5.75 Å². The van der Waals surface area contributed by atoms with Gasteiger partial charge in [-0.15, -0.1) is 0 Å². The largest absolute Gasteiger partial charge is 0.495 e. The molecule has 0 radical (unpaired) electrons. The Morgan fingerprint density at radius 1 is 1.25 bits per heavy atom. The van der Waals surface area contributed by atoms with Crippen molar-refractivity contribution in [3.63, 3.8) is 0 Å². The van der Waals surface area contributed by atoms with E-state index in [-0.39, 0.29) is 11.8 Å². The number of benzene rings is 1. The standard InChI is InChI=1S/C18H20N4O2/c1-11(2)15-10-14(20-17-7-8-19-22(15)17)18(23)21-13-9-12(3)5-6-16(13)24-4/h5-11H,1-4H3,(H,21,23). The van der Waals surface area contributed by atoms with Crippen LogP contribution >= 0.6 is 0 Å². The number of nitrogens with zero attached hydrogens (tertiary/aromatic N) is 3. The number of methoxy groups -OCH3 is 1. The number of amides is 1. The first-order valence-corrected chi connectivity index (χ1v) is 7.80. The number of nitrogens with one attached hydrogen (secondary N) is 1. The van der Waals surface area contributed by atoms with Gasteiger partial charge in [0.25, 0.3) is 5.91 Å². The molecule has 0 saturated heterocycles. The zero-order chi connectivity index (χ0) is 17.3. The maximum absolute atomic E-state index is 12.7. The highest BCUT2D eigenvalue weighted by atomic mass is 16.5. The molecule has 0 spiro atoms. The van der Waals surface area contributed by atoms with Gasteiger partial charge in [-0.2, -0.15) is 5.10 Å². The molecule has 1 N–H and O–H groups in total. The third-order valence-corrected chi connectivity index (χ3v) is 3.81. The summed E-state index contributed by atoms with van der Waals surface area (Å²) in [5, 5.41) is 7.15. The van der Waals surface area contributed by atoms with Crippen molar-refractivity contribution < 1.29 is 9.53 Å². The van der Waals surface area contributed by atoms with E-state index in [9.17, 15) is 4.79 Å². The average Bonchev–Trinajstić information content (AvgIpc) is 3.02. The fourth-order valence-corrected chi connectivity index (χ4v) is 2.57. The number of aromatic nitrogens is 3. The van der Waals surface area contributed by atoms with Gasteiger partial charge in [0.05, 0.1) is 19.0 Å². The Morgan fingerprint density at radius 2 is 2.04 bits per heavy atom. The number of ether oxygens (including phenoxy) is 1. The molecule has 0 aliphatic carbocycles. The van der Waals surface area contributed by atoms with Gasteiger partial charge in [-0.25, -0.2) is 9.50 Å². The fourth-order valence-electron chi connectivity index (χ4n) is 2.57. The maximum atomic E-state index is 12.7. The molecule has 0 fully saturated rings. The molecule has 3 aromatic rings. The van der Waals surface area contributed by atoms with Gasteiger partial charge in [-0.1, -0.05) is 19.9 Å². The molecule has 2 aromatic heterocycles. The van der Waals surface area contributed by atoms with Gasteiger partial charge in [0.2, 0.25) is 0 Å². The summed E-state index contributed by atoms with van der Waals surface area (Å²) in [6.45, 7) is 6.08. The summed E-state index contributed by atoms with van der Waals surface area (Å²) in [5.41, 5.74) is 3.61. The molecule has 124 valence electrons. The second-order valence-corrected chi connectivity index (χ2v) is 5.98. The van der Waals surface area contributed by atoms with E-state index in [1.54, 1.807) is 30.0 Å². The van der Waals surface area contributed by atoms with Gasteiger partial charge in [0, 0.05) is 11.8 Å². The van der Waals surface area contributed by atoms with Gasteiger partial charge in [-0.3, -0.25) is 4.79 Å². The van der Waals surface area contributed by atoms with E-state index < -0.39 is 0 Å². The lowest BCUT2D eigenvalue weighted by atomic mass is 10.1. The van der Waals surface area contributed by atoms with Crippen LogP contribution in [-0.4, -0.2) is 27.6 Å². The van der Waals surface area contributed by atoms with Crippen LogP contribution in [0.15, 0.2) is 36.5 Å². The molecule has 0 saturated carbocycles. The smallest absolute Gasteiger partial charge is 0.274 e. The van der Waals surface area contributed by atoms with Crippen molar-refractivity contribution in [2.24, 2.45) is 0 Å². The van der Waals surface area contributed by atoms with Crippen LogP contribution in [0.2, 0.25) is 0 Å². The third kappa shape index (κ3) is 2.95. The van der Waals surface area contributed by atoms with E-state index in [0.29, 0.717) is 22.8 Å². The van der Waals surface area contributed by atoms with E-state index in [2.05, 4.69) is 29.2 Å². The lowest BCUT2D eigenvalue weighted by Gasteiger charge is -2.13. The van der Waals surface area contributed by atoms with E-state index in [0.717, 1.165) is 11.3 Å². The minimum atomic E-state index is -0.274. The van der Waals surface area contributed by atoms with Gasteiger partial charge in [0.1, 0.15) is 11.4 Å². The zero-order valence-corrected chi connectivity index (χ0v) is 14.2. The third-order valence-electron chi connectivity index (χ3n) is 3.81. The van der Waals surface area contributed by atoms with E-state index in [1.807, 2.05) is 25.1 Å². The molecule has 0 aliphatic heterocycles. The highest BCUT2D eigenvalue weighted by molar-refractivity contribution is 6.04. The number of carbonyl (C=O) groups is 1. The van der Waals surface area contributed by atoms with Crippen molar-refractivity contribution in [2.75, 3.05) is 12.4 Å². The van der Waals surface area contributed by atoms with Crippen LogP contribution in [0.25, 0.3) is 5.65 Å². The molecule has 3 rings (SSSR count). The summed E-state index contributed by atoms with van der Waals surface area (Å²) in [6, 6.07) is 9.20. The van der Waals surface area contributed by atoms with Crippen LogP contribution in [0, 0.1) is 6.92 Å². The van der Waals surface area contributed by atoms with Crippen LogP contribution in [0.1, 0.15) is 41.5 Å². The van der Waals surface area contributed by atoms with Gasteiger partial charge >= 0.3 is 0 Å². The summed E-state index contributed by atoms with van der Waals surface area (Å²) >= 11 is 0. The lowest BCUT2D eigenvalue weighted by Crippen LogP contribution is -2.16. The van der Waals surface area contributed by atoms with Crippen molar-refractivity contribution in [1.82, 2.24) is 14.6 Å². The average molecular weight is 324 g/mol. The molecule has 24 heavy (non-hydrogen) atoms. The van der Waals surface area contributed by atoms with Crippen LogP contribution in [0.5, 0.6) is 5.75 Å². The van der Waals surface area contributed by atoms with Crippen LogP contribution in [0.3, 0.4) is 0 Å². The van der Waals surface area contributed by atoms with E-state index in [4.69, 9.17) is 4.74 Å². The molecule has 0 unspecified atom stereocenters. The fraction of sp³-hybridized carbons (Fsp3) is 0.278. The molecule has 0 aliphatic rings. The van der Waals surface area contributed by atoms with E-state index in [1.165, 1.54) is 0 Å². The molecule has 0 atom stereocenters. The van der Waals surface area contributed by atoms with Crippen LogP contribution < -0.4 is 10.1 Å². The Labute approximate surface area is 140 Å². The predicted octanol–water partition coefficient (Wildman–Crippen LogP) is 3.42. The lowest BCUT2D eigenvalue weighted by molar-refractivity contribution is 0.102. The quantitative estimate of drug-likeness (QED) is 0.798. The normalized spacial score (nSPS) is 11.0. The highest BCUT2D eigenvalue weighted by Gasteiger charge is 2.16. The number of rotatable bonds is 4. The SMILES string of the molecule is COc1ccc(C)cc1NC(=O)c1cc(C(C)C)n2nccc2n1. The van der Waals surface area contributed by atoms with E-state index >= 15 is 0 Å². The molecular weight excluding hydrogens is 304 g/mol. The summed E-state index contributed by atoms with van der Waals surface area (Å²) in [7, 11) is 1.58. The zero-order valence-electron chi connectivity index (χ0n) is 14.2. The summed E-state index contributed by atoms with van der Waals surface area (Å²) in [4.78, 5) is 17.1. The Bertz CT molecular complexity index is 899. The number of aryl methyl sites for hydroxylation is 1. The first-order valence-electron chi connectivity index (χ1n) is 7.80. The number of hydrogen-bond acceptors (Lipinski definition) is 4. The summed E-state index contributed by atoms with van der Waals surface area (Å²) in [6.07, 6.45) is 1.68. The van der Waals surface area contributed by atoms with Crippen molar-refractivity contribution >= 4 is 17.2 Å². The first-order chi connectivity index (χ1) is 11.5. The Balaban J connectivity index is 1.99. The number of anilines is 1. The van der Waals surface area contributed by atoms with Gasteiger partial charge in [0.15, 0.2) is 5.65 Å². The minimum absolute atomic E-state index is 0.218. The second-order valence-electron chi connectivity index (χ2n) is 5.98. The van der Waals surface area contributed by atoms with Gasteiger partial charge < -0.3 is 10.1 Å². The monoisotopic (exact) mass is 324 g/mol. The number of fused-ring (bicyclic) bond motifs is 1. The van der Waals surface area contributed by atoms with Crippen molar-refractivity contribution in [3.05, 3.63) is 53.5 Å². The molecule has 1 aromatic carbocycles. The minimum Gasteiger partial charge on any atom is -0.495 e. The maximum Gasteiger partial charge on any atom is 0.274 e. The summed E-state index contributed by atoms with van der Waals surface area (Å²) < 4.78 is 7.07. The van der Waals surface area contributed by atoms with Gasteiger partial charge in [-0.05, 0) is 36.6 Å². The predicted molar refractivity (Wildman–Crippen MR) is 92.8 cm³/mol. The Morgan fingerprint density at radius 3 is 2.75 bits per heavy atom. The van der Waals surface area contributed by atoms with Crippen LogP contribution in [0.4, 0.5) is 5.69 Å². The van der Waals surface area contributed by atoms with Crippen molar-refractivity contribution in [1.29, 1.82) is 0 Å². The molecule has 2 heterocycles. The molecule has 6 heteroatoms. The topological polar surface area (TPSA) is 68.5 Å². The molecular formula is C18H20N4O2. The van der Waals surface area contributed by atoms with Crippen LogP contribution in [-0.2, 0) is 0 Å². The Hall–Kier alpha value is -2.89. The molecule has 1 amide bonds. The highest BCUT2D eigenvalue weighted by Crippen LogP contribution is 2.26. The second kappa shape index (κ2) is 6.31. The Kier molecular flexibility index (Phi) is 4.20. The first kappa shape index (κ1) is 16.0. The number of carbonyl (C=O) groups excluding carboxylic acids is 1. The molecule has 6 nitrogen and oxygen atoms in total. The summed E-state index contributed by atoms with van der Waals surface area (Å²) in [5.74, 6) is 0.559. The van der Waals surface area contributed by atoms with Crippen molar-refractivity contribution in [2.45, 2.75) is 26.7 Å². The number of hydrogen-bond donors (Lipinski definition) is 1.